The molecule has 0 heterocycles. The highest BCUT2D eigenvalue weighted by Gasteiger charge is 2.32. The summed E-state index contributed by atoms with van der Waals surface area (Å²) in [7, 11) is 0. The molecule has 0 aliphatic carbocycles. The number of carboxylic acids is 1. The molecule has 2 N–H and O–H groups in total. The van der Waals surface area contributed by atoms with E-state index in [0.29, 0.717) is 32.3 Å². The Balaban J connectivity index is 3.80. The van der Waals surface area contributed by atoms with E-state index in [9.17, 15) is 4.79 Å². The second-order valence-electron chi connectivity index (χ2n) is 5.09. The molecule has 0 saturated heterocycles. The van der Waals surface area contributed by atoms with Gasteiger partial charge in [0.05, 0.1) is 19.8 Å². The maximum absolute atomic E-state index is 11.2. The highest BCUT2D eigenvalue weighted by Crippen LogP contribution is 2.05. The largest absolute Gasteiger partial charge is 0.480 e. The molecule has 108 valence electrons. The summed E-state index contributed by atoms with van der Waals surface area (Å²) in [5.74, 6) is -0.389. The SMILES string of the molecule is CCCNC(C)(COCCOCC(C)C)C(=O)O. The predicted molar refractivity (Wildman–Crippen MR) is 70.8 cm³/mol. The van der Waals surface area contributed by atoms with Gasteiger partial charge in [-0.1, -0.05) is 20.8 Å². The summed E-state index contributed by atoms with van der Waals surface area (Å²) in [6, 6.07) is 0. The fourth-order valence-corrected chi connectivity index (χ4v) is 1.30. The first-order valence-corrected chi connectivity index (χ1v) is 6.56. The highest BCUT2D eigenvalue weighted by atomic mass is 16.5. The average Bonchev–Trinajstić information content (AvgIpc) is 2.30. The van der Waals surface area contributed by atoms with Gasteiger partial charge in [-0.3, -0.25) is 4.79 Å². The van der Waals surface area contributed by atoms with Crippen LogP contribution in [0.5, 0.6) is 0 Å². The van der Waals surface area contributed by atoms with Crippen LogP contribution in [-0.2, 0) is 14.3 Å². The van der Waals surface area contributed by atoms with Crippen molar-refractivity contribution in [2.24, 2.45) is 5.92 Å². The summed E-state index contributed by atoms with van der Waals surface area (Å²) in [6.45, 7) is 10.2. The monoisotopic (exact) mass is 261 g/mol. The van der Waals surface area contributed by atoms with E-state index in [4.69, 9.17) is 14.6 Å². The van der Waals surface area contributed by atoms with Crippen molar-refractivity contribution in [3.63, 3.8) is 0 Å². The van der Waals surface area contributed by atoms with Crippen molar-refractivity contribution in [3.05, 3.63) is 0 Å². The average molecular weight is 261 g/mol. The molecule has 0 aromatic carbocycles. The van der Waals surface area contributed by atoms with E-state index in [2.05, 4.69) is 19.2 Å². The van der Waals surface area contributed by atoms with Crippen molar-refractivity contribution in [3.8, 4) is 0 Å². The molecule has 0 bridgehead atoms. The minimum Gasteiger partial charge on any atom is -0.480 e. The van der Waals surface area contributed by atoms with Crippen LogP contribution < -0.4 is 5.32 Å². The second-order valence-corrected chi connectivity index (χ2v) is 5.09. The zero-order valence-electron chi connectivity index (χ0n) is 12.0. The van der Waals surface area contributed by atoms with Gasteiger partial charge in [0.1, 0.15) is 5.54 Å². The maximum Gasteiger partial charge on any atom is 0.326 e. The number of ether oxygens (including phenoxy) is 2. The molecule has 0 aromatic rings. The van der Waals surface area contributed by atoms with Crippen LogP contribution in [0.1, 0.15) is 34.1 Å². The van der Waals surface area contributed by atoms with Gasteiger partial charge in [0, 0.05) is 6.61 Å². The van der Waals surface area contributed by atoms with Crippen LogP contribution in [0.4, 0.5) is 0 Å². The second kappa shape index (κ2) is 9.30. The van der Waals surface area contributed by atoms with Crippen LogP contribution in [0.3, 0.4) is 0 Å². The Kier molecular flexibility index (Phi) is 8.97. The normalized spacial score (nSPS) is 14.7. The lowest BCUT2D eigenvalue weighted by atomic mass is 10.0. The lowest BCUT2D eigenvalue weighted by molar-refractivity contribution is -0.147. The van der Waals surface area contributed by atoms with Crippen LogP contribution in [0, 0.1) is 5.92 Å². The smallest absolute Gasteiger partial charge is 0.326 e. The van der Waals surface area contributed by atoms with Crippen LogP contribution in [-0.4, -0.2) is 49.6 Å². The topological polar surface area (TPSA) is 67.8 Å². The van der Waals surface area contributed by atoms with Crippen molar-refractivity contribution < 1.29 is 19.4 Å². The van der Waals surface area contributed by atoms with E-state index in [1.165, 1.54) is 0 Å². The molecule has 0 rings (SSSR count). The molecular formula is C13H27NO4. The molecule has 1 atom stereocenters. The number of rotatable bonds is 11. The third-order valence-corrected chi connectivity index (χ3v) is 2.45. The van der Waals surface area contributed by atoms with Crippen LogP contribution in [0.25, 0.3) is 0 Å². The third kappa shape index (κ3) is 7.63. The van der Waals surface area contributed by atoms with E-state index in [1.807, 2.05) is 6.92 Å². The van der Waals surface area contributed by atoms with Crippen molar-refractivity contribution in [1.82, 2.24) is 5.32 Å². The molecule has 0 radical (unpaired) electrons. The number of aliphatic carboxylic acids is 1. The minimum absolute atomic E-state index is 0.146. The Hall–Kier alpha value is -0.650. The molecule has 0 aromatic heterocycles. The number of carbonyl (C=O) groups is 1. The summed E-state index contributed by atoms with van der Waals surface area (Å²) in [6.07, 6.45) is 0.889. The zero-order valence-corrected chi connectivity index (χ0v) is 12.0. The third-order valence-electron chi connectivity index (χ3n) is 2.45. The van der Waals surface area contributed by atoms with Gasteiger partial charge in [-0.2, -0.15) is 0 Å². The molecule has 0 aliphatic rings. The predicted octanol–water partition coefficient (Wildman–Crippen LogP) is 1.52. The number of nitrogens with one attached hydrogen (secondary N) is 1. The van der Waals surface area contributed by atoms with Gasteiger partial charge in [0.2, 0.25) is 0 Å². The number of hydrogen-bond donors (Lipinski definition) is 2. The summed E-state index contributed by atoms with van der Waals surface area (Å²) in [4.78, 5) is 11.2. The van der Waals surface area contributed by atoms with E-state index in [0.717, 1.165) is 6.42 Å². The van der Waals surface area contributed by atoms with Crippen molar-refractivity contribution in [1.29, 1.82) is 0 Å². The fourth-order valence-electron chi connectivity index (χ4n) is 1.30. The van der Waals surface area contributed by atoms with E-state index in [1.54, 1.807) is 6.92 Å². The number of carboxylic acid groups (broad SMARTS) is 1. The molecule has 0 fully saturated rings. The maximum atomic E-state index is 11.2. The zero-order chi connectivity index (χ0) is 14.0. The van der Waals surface area contributed by atoms with Gasteiger partial charge >= 0.3 is 5.97 Å². The van der Waals surface area contributed by atoms with Crippen molar-refractivity contribution in [2.45, 2.75) is 39.7 Å². The van der Waals surface area contributed by atoms with Gasteiger partial charge in [-0.25, -0.2) is 0 Å². The van der Waals surface area contributed by atoms with Gasteiger partial charge in [0.25, 0.3) is 0 Å². The molecule has 0 saturated carbocycles. The van der Waals surface area contributed by atoms with Crippen molar-refractivity contribution >= 4 is 5.97 Å². The Labute approximate surface area is 110 Å². The Morgan fingerprint density at radius 2 is 1.94 bits per heavy atom. The molecule has 0 aliphatic heterocycles. The molecular weight excluding hydrogens is 234 g/mol. The molecule has 5 heteroatoms. The lowest BCUT2D eigenvalue weighted by Crippen LogP contribution is -2.53. The first-order valence-electron chi connectivity index (χ1n) is 6.56. The van der Waals surface area contributed by atoms with Gasteiger partial charge < -0.3 is 19.9 Å². The minimum atomic E-state index is -1.02. The van der Waals surface area contributed by atoms with Gasteiger partial charge in [-0.15, -0.1) is 0 Å². The summed E-state index contributed by atoms with van der Waals surface area (Å²) in [5, 5.41) is 12.1. The molecule has 1 unspecified atom stereocenters. The Morgan fingerprint density at radius 1 is 1.33 bits per heavy atom. The standard InChI is InChI=1S/C13H27NO4/c1-5-6-14-13(4,12(15)16)10-18-8-7-17-9-11(2)3/h11,14H,5-10H2,1-4H3,(H,15,16). The van der Waals surface area contributed by atoms with Gasteiger partial charge in [0.15, 0.2) is 0 Å². The first kappa shape index (κ1) is 17.4. The Bertz CT molecular complexity index is 233. The van der Waals surface area contributed by atoms with Crippen molar-refractivity contribution in [2.75, 3.05) is 33.0 Å². The molecule has 5 nitrogen and oxygen atoms in total. The van der Waals surface area contributed by atoms with Crippen LogP contribution in [0.15, 0.2) is 0 Å². The van der Waals surface area contributed by atoms with Crippen LogP contribution >= 0.6 is 0 Å². The quantitative estimate of drug-likeness (QED) is 0.552. The van der Waals surface area contributed by atoms with E-state index < -0.39 is 11.5 Å². The first-order chi connectivity index (χ1) is 8.42. The van der Waals surface area contributed by atoms with E-state index >= 15 is 0 Å². The fraction of sp³-hybridized carbons (Fsp3) is 0.923. The number of hydrogen-bond acceptors (Lipinski definition) is 4. The Morgan fingerprint density at radius 3 is 2.44 bits per heavy atom. The van der Waals surface area contributed by atoms with Crippen LogP contribution in [0.2, 0.25) is 0 Å². The summed E-state index contributed by atoms with van der Waals surface area (Å²) >= 11 is 0. The summed E-state index contributed by atoms with van der Waals surface area (Å²) < 4.78 is 10.7. The van der Waals surface area contributed by atoms with Gasteiger partial charge in [-0.05, 0) is 25.8 Å². The molecule has 18 heavy (non-hydrogen) atoms. The highest BCUT2D eigenvalue weighted by molar-refractivity contribution is 5.78. The van der Waals surface area contributed by atoms with E-state index in [-0.39, 0.29) is 6.61 Å². The molecule has 0 amide bonds. The lowest BCUT2D eigenvalue weighted by Gasteiger charge is -2.26. The summed E-state index contributed by atoms with van der Waals surface area (Å²) in [5.41, 5.74) is -1.02. The molecule has 0 spiro atoms.